The number of alkyl halides is 3. The highest BCUT2D eigenvalue weighted by atomic mass is 35.5. The highest BCUT2D eigenvalue weighted by Gasteiger charge is 2.35. The molecule has 3 atom stereocenters. The second kappa shape index (κ2) is 15.2. The molecule has 1 aliphatic heterocycles. The first-order chi connectivity index (χ1) is 22.8. The molecule has 5 rings (SSSR count). The van der Waals surface area contributed by atoms with E-state index in [1.807, 2.05) is 0 Å². The van der Waals surface area contributed by atoms with Crippen LogP contribution in [0, 0.1) is 5.82 Å². The first kappa shape index (κ1) is 35.5. The summed E-state index contributed by atoms with van der Waals surface area (Å²) in [6.07, 6.45) is -4.75. The van der Waals surface area contributed by atoms with Gasteiger partial charge < -0.3 is 15.8 Å². The second-order valence-electron chi connectivity index (χ2n) is 11.5. The van der Waals surface area contributed by atoms with Gasteiger partial charge >= 0.3 is 6.36 Å². The van der Waals surface area contributed by atoms with Crippen molar-refractivity contribution in [3.8, 4) is 5.75 Å². The average Bonchev–Trinajstić information content (AvgIpc) is 3.05. The smallest absolute Gasteiger partial charge is 0.406 e. The van der Waals surface area contributed by atoms with Crippen LogP contribution in [0.1, 0.15) is 34.6 Å². The Hall–Kier alpha value is -3.81. The fourth-order valence-electron chi connectivity index (χ4n) is 6.07. The number of Topliss-reactive ketones (excluding diaryl/α,β-unsaturated/α-hetero) is 1. The predicted octanol–water partition coefficient (Wildman–Crippen LogP) is 6.24. The quantitative estimate of drug-likeness (QED) is 0.170. The van der Waals surface area contributed by atoms with Crippen molar-refractivity contribution in [2.75, 3.05) is 19.6 Å². The Morgan fingerprint density at radius 2 is 1.69 bits per heavy atom. The van der Waals surface area contributed by atoms with Gasteiger partial charge in [0, 0.05) is 43.0 Å². The Morgan fingerprint density at radius 1 is 0.979 bits per heavy atom. The summed E-state index contributed by atoms with van der Waals surface area (Å²) in [6.45, 7) is 1.10. The first-order valence-electron chi connectivity index (χ1n) is 15.3. The number of sulfonamides is 1. The maximum absolute atomic E-state index is 15.3. The first-order valence-corrected chi connectivity index (χ1v) is 17.1. The Balaban J connectivity index is 1.38. The lowest BCUT2D eigenvalue weighted by Gasteiger charge is -2.35. The standard InChI is InChI=1S/C35H34ClF4N3O4S/c36-26-14-12-23(13-15-26)33(25-7-4-8-28(20-25)47-35(38,39)40)34(41)32(44)21-24-6-5-11-31(37)30(24)17-16-27-22-42-18-19-43(27)48(45,46)29-9-2-1-3-10-29/h1-15,20,27,33-34,42H,16-19,21-22,41H2/t27-,33-,34+/m0/s1. The van der Waals surface area contributed by atoms with Gasteiger partial charge in [-0.1, -0.05) is 66.2 Å². The largest absolute Gasteiger partial charge is 0.573 e. The molecule has 1 fully saturated rings. The van der Waals surface area contributed by atoms with Crippen molar-refractivity contribution in [3.63, 3.8) is 0 Å². The number of carbonyl (C=O) groups is 1. The van der Waals surface area contributed by atoms with E-state index in [0.717, 1.165) is 6.07 Å². The molecule has 254 valence electrons. The summed E-state index contributed by atoms with van der Waals surface area (Å²) in [4.78, 5) is 14.0. The van der Waals surface area contributed by atoms with Gasteiger partial charge in [0.2, 0.25) is 10.0 Å². The number of piperazine rings is 1. The molecule has 0 saturated carbocycles. The lowest BCUT2D eigenvalue weighted by Crippen LogP contribution is -2.53. The number of carbonyl (C=O) groups excluding carboxylic acids is 1. The fraction of sp³-hybridized carbons (Fsp3) is 0.286. The van der Waals surface area contributed by atoms with Crippen molar-refractivity contribution in [2.24, 2.45) is 5.73 Å². The van der Waals surface area contributed by atoms with Gasteiger partial charge in [-0.3, -0.25) is 4.79 Å². The highest BCUT2D eigenvalue weighted by molar-refractivity contribution is 7.89. The van der Waals surface area contributed by atoms with Crippen LogP contribution in [0.15, 0.2) is 102 Å². The molecule has 4 aromatic carbocycles. The molecule has 0 bridgehead atoms. The van der Waals surface area contributed by atoms with Gasteiger partial charge in [0.05, 0.1) is 10.9 Å². The Bertz CT molecular complexity index is 1830. The molecule has 48 heavy (non-hydrogen) atoms. The molecule has 7 nitrogen and oxygen atoms in total. The van der Waals surface area contributed by atoms with E-state index >= 15 is 4.39 Å². The van der Waals surface area contributed by atoms with Gasteiger partial charge in [-0.25, -0.2) is 12.8 Å². The van der Waals surface area contributed by atoms with E-state index < -0.39 is 51.7 Å². The van der Waals surface area contributed by atoms with Crippen molar-refractivity contribution in [3.05, 3.63) is 130 Å². The molecule has 0 unspecified atom stereocenters. The number of nitrogens with zero attached hydrogens (tertiary/aromatic N) is 1. The van der Waals surface area contributed by atoms with Crippen LogP contribution < -0.4 is 15.8 Å². The minimum absolute atomic E-state index is 0.148. The van der Waals surface area contributed by atoms with Crippen LogP contribution >= 0.6 is 11.6 Å². The van der Waals surface area contributed by atoms with Gasteiger partial charge in [0.25, 0.3) is 0 Å². The third kappa shape index (κ3) is 8.61. The van der Waals surface area contributed by atoms with E-state index in [0.29, 0.717) is 34.8 Å². The summed E-state index contributed by atoms with van der Waals surface area (Å²) < 4.78 is 86.8. The molecule has 1 heterocycles. The molecule has 4 aromatic rings. The van der Waals surface area contributed by atoms with Crippen molar-refractivity contribution in [1.29, 1.82) is 0 Å². The number of hydrogen-bond donors (Lipinski definition) is 2. The topological polar surface area (TPSA) is 102 Å². The zero-order chi connectivity index (χ0) is 34.5. The summed E-state index contributed by atoms with van der Waals surface area (Å²) in [7, 11) is -3.80. The Labute approximate surface area is 281 Å². The lowest BCUT2D eigenvalue weighted by atomic mass is 9.82. The maximum atomic E-state index is 15.3. The Morgan fingerprint density at radius 3 is 2.40 bits per heavy atom. The van der Waals surface area contributed by atoms with Crippen molar-refractivity contribution < 1.29 is 35.5 Å². The zero-order valence-corrected chi connectivity index (χ0v) is 27.2. The average molecular weight is 704 g/mol. The number of hydrogen-bond acceptors (Lipinski definition) is 6. The summed E-state index contributed by atoms with van der Waals surface area (Å²) >= 11 is 6.07. The number of rotatable bonds is 12. The van der Waals surface area contributed by atoms with E-state index in [1.165, 1.54) is 40.7 Å². The number of ketones is 1. The molecule has 1 aliphatic rings. The summed E-state index contributed by atoms with van der Waals surface area (Å²) in [6, 6.07) is 22.5. The van der Waals surface area contributed by atoms with E-state index in [9.17, 15) is 26.4 Å². The van der Waals surface area contributed by atoms with Crippen molar-refractivity contribution >= 4 is 27.4 Å². The maximum Gasteiger partial charge on any atom is 0.573 e. The number of benzene rings is 4. The van der Waals surface area contributed by atoms with E-state index in [2.05, 4.69) is 10.1 Å². The summed E-state index contributed by atoms with van der Waals surface area (Å²) in [5.41, 5.74) is 8.07. The molecule has 0 aliphatic carbocycles. The van der Waals surface area contributed by atoms with Crippen LogP contribution in [0.25, 0.3) is 0 Å². The SMILES string of the molecule is N[C@H](C(=O)Cc1cccc(F)c1CC[C@H]1CNCCN1S(=O)(=O)c1ccccc1)[C@@H](c1ccc(Cl)cc1)c1cccc(OC(F)(F)F)c1. The zero-order valence-electron chi connectivity index (χ0n) is 25.7. The third-order valence-electron chi connectivity index (χ3n) is 8.36. The van der Waals surface area contributed by atoms with E-state index in [4.69, 9.17) is 17.3 Å². The number of halogens is 5. The van der Waals surface area contributed by atoms with Crippen LogP contribution in [0.3, 0.4) is 0 Å². The normalized spacial score (nSPS) is 17.1. The summed E-state index contributed by atoms with van der Waals surface area (Å²) in [5.74, 6) is -2.36. The van der Waals surface area contributed by atoms with Crippen LogP contribution in [0.4, 0.5) is 17.6 Å². The minimum atomic E-state index is -4.92. The van der Waals surface area contributed by atoms with E-state index in [1.54, 1.807) is 54.6 Å². The Kier molecular flexibility index (Phi) is 11.2. The van der Waals surface area contributed by atoms with Gasteiger partial charge in [-0.15, -0.1) is 13.2 Å². The molecule has 0 amide bonds. The molecule has 0 spiro atoms. The molecular formula is C35H34ClF4N3O4S. The molecule has 3 N–H and O–H groups in total. The van der Waals surface area contributed by atoms with Gasteiger partial charge in [0.1, 0.15) is 11.6 Å². The van der Waals surface area contributed by atoms with Crippen molar-refractivity contribution in [2.45, 2.75) is 48.5 Å². The lowest BCUT2D eigenvalue weighted by molar-refractivity contribution is -0.274. The monoisotopic (exact) mass is 703 g/mol. The molecular weight excluding hydrogens is 670 g/mol. The second-order valence-corrected chi connectivity index (χ2v) is 13.8. The van der Waals surface area contributed by atoms with Crippen LogP contribution in [-0.2, 0) is 27.7 Å². The van der Waals surface area contributed by atoms with Crippen molar-refractivity contribution in [1.82, 2.24) is 9.62 Å². The number of ether oxygens (including phenoxy) is 1. The fourth-order valence-corrected chi connectivity index (χ4v) is 7.87. The van der Waals surface area contributed by atoms with Gasteiger partial charge in [-0.2, -0.15) is 4.31 Å². The highest BCUT2D eigenvalue weighted by Crippen LogP contribution is 2.33. The predicted molar refractivity (Wildman–Crippen MR) is 175 cm³/mol. The van der Waals surface area contributed by atoms with Crippen LogP contribution in [-0.4, -0.2) is 56.6 Å². The van der Waals surface area contributed by atoms with Gasteiger partial charge in [0.15, 0.2) is 5.78 Å². The molecule has 0 radical (unpaired) electrons. The van der Waals surface area contributed by atoms with E-state index in [-0.39, 0.29) is 36.3 Å². The molecule has 13 heteroatoms. The molecule has 1 saturated heterocycles. The van der Waals surface area contributed by atoms with Crippen LogP contribution in [0.2, 0.25) is 5.02 Å². The number of nitrogens with two attached hydrogens (primary N) is 1. The summed E-state index contributed by atoms with van der Waals surface area (Å²) in [5, 5.41) is 3.63. The van der Waals surface area contributed by atoms with Crippen LogP contribution in [0.5, 0.6) is 5.75 Å². The minimum Gasteiger partial charge on any atom is -0.406 e. The molecule has 0 aromatic heterocycles. The number of nitrogens with one attached hydrogen (secondary N) is 1. The van der Waals surface area contributed by atoms with Gasteiger partial charge in [-0.05, 0) is 77.6 Å². The third-order valence-corrected chi connectivity index (χ3v) is 10.6.